The number of para-hydroxylation sites is 1. The number of rotatable bonds is 1. The Labute approximate surface area is 198 Å². The van der Waals surface area contributed by atoms with Crippen LogP contribution in [-0.2, 0) is 10.8 Å². The lowest BCUT2D eigenvalue weighted by molar-refractivity contribution is 0.332. The number of aromatic nitrogens is 1. The van der Waals surface area contributed by atoms with Crippen LogP contribution in [0.1, 0.15) is 51.7 Å². The zero-order chi connectivity index (χ0) is 22.3. The predicted octanol–water partition coefficient (Wildman–Crippen LogP) is 9.05. The van der Waals surface area contributed by atoms with Gasteiger partial charge in [-0.05, 0) is 76.6 Å². The Balaban J connectivity index is 1.79. The van der Waals surface area contributed by atoms with Crippen molar-refractivity contribution in [1.82, 2.24) is 4.57 Å². The van der Waals surface area contributed by atoms with Crippen LogP contribution in [0.5, 0.6) is 0 Å². The monoisotopic (exact) mass is 481 g/mol. The Morgan fingerprint density at radius 2 is 1.38 bits per heavy atom. The topological polar surface area (TPSA) is 4.93 Å². The lowest BCUT2D eigenvalue weighted by atomic mass is 9.63. The molecule has 0 spiro atoms. The molecule has 0 atom stereocenters. The van der Waals surface area contributed by atoms with E-state index in [1.807, 2.05) is 0 Å². The molecule has 32 heavy (non-hydrogen) atoms. The van der Waals surface area contributed by atoms with E-state index in [0.29, 0.717) is 0 Å². The van der Waals surface area contributed by atoms with Crippen molar-refractivity contribution in [3.8, 4) is 5.69 Å². The molecule has 4 aromatic carbocycles. The van der Waals surface area contributed by atoms with Gasteiger partial charge in [-0.2, -0.15) is 0 Å². The largest absolute Gasteiger partial charge is 0.309 e. The highest BCUT2D eigenvalue weighted by atomic mass is 79.9. The molecule has 1 aromatic heterocycles. The molecule has 2 heteroatoms. The average molecular weight is 482 g/mol. The minimum atomic E-state index is 0.184. The van der Waals surface area contributed by atoms with E-state index >= 15 is 0 Å². The van der Waals surface area contributed by atoms with Gasteiger partial charge in [0, 0.05) is 20.6 Å². The highest BCUT2D eigenvalue weighted by Crippen LogP contribution is 2.48. The van der Waals surface area contributed by atoms with Gasteiger partial charge in [0.1, 0.15) is 0 Å². The van der Waals surface area contributed by atoms with Crippen molar-refractivity contribution in [1.29, 1.82) is 0 Å². The zero-order valence-corrected chi connectivity index (χ0v) is 20.8. The molecule has 1 aliphatic rings. The summed E-state index contributed by atoms with van der Waals surface area (Å²) in [6.45, 7) is 9.65. The van der Waals surface area contributed by atoms with Crippen LogP contribution in [0.4, 0.5) is 0 Å². The van der Waals surface area contributed by atoms with Crippen molar-refractivity contribution in [2.75, 3.05) is 0 Å². The molecule has 160 valence electrons. The average Bonchev–Trinajstić information content (AvgIpc) is 3.09. The summed E-state index contributed by atoms with van der Waals surface area (Å²) in [7, 11) is 0. The van der Waals surface area contributed by atoms with Gasteiger partial charge in [0.25, 0.3) is 0 Å². The van der Waals surface area contributed by atoms with Crippen LogP contribution >= 0.6 is 15.9 Å². The van der Waals surface area contributed by atoms with E-state index in [4.69, 9.17) is 0 Å². The molecule has 0 radical (unpaired) electrons. The second-order valence-corrected chi connectivity index (χ2v) is 11.6. The Kier molecular flexibility index (Phi) is 4.21. The highest BCUT2D eigenvalue weighted by molar-refractivity contribution is 9.10. The number of benzene rings is 4. The van der Waals surface area contributed by atoms with Crippen molar-refractivity contribution >= 4 is 48.5 Å². The van der Waals surface area contributed by atoms with Crippen LogP contribution in [0, 0.1) is 0 Å². The maximum Gasteiger partial charge on any atom is 0.0544 e. The van der Waals surface area contributed by atoms with Crippen molar-refractivity contribution in [3.05, 3.63) is 88.4 Å². The van der Waals surface area contributed by atoms with Crippen LogP contribution in [0.25, 0.3) is 38.3 Å². The summed E-state index contributed by atoms with van der Waals surface area (Å²) in [5, 5.41) is 5.22. The molecule has 0 saturated carbocycles. The molecular weight excluding hydrogens is 454 g/mol. The molecule has 0 N–H and O–H groups in total. The standard InChI is InChI=1S/C30H28BrN/c1-29(2)14-15-30(3,4)25-18-28-23(17-24(25)29)22-9-5-6-10-27(22)32(28)26-11-7-8-19-16-20(31)12-13-21(19)26/h5-13,16-18H,14-15H2,1-4H3. The molecule has 5 aromatic rings. The van der Waals surface area contributed by atoms with E-state index in [1.165, 1.54) is 62.2 Å². The second-order valence-electron chi connectivity index (χ2n) is 10.7. The number of hydrogen-bond donors (Lipinski definition) is 0. The summed E-state index contributed by atoms with van der Waals surface area (Å²) >= 11 is 3.64. The first kappa shape index (κ1) is 20.1. The molecule has 1 aliphatic carbocycles. The van der Waals surface area contributed by atoms with Crippen LogP contribution < -0.4 is 0 Å². The van der Waals surface area contributed by atoms with Crippen molar-refractivity contribution in [2.24, 2.45) is 0 Å². The fraction of sp³-hybridized carbons (Fsp3) is 0.267. The molecule has 1 nitrogen and oxygen atoms in total. The van der Waals surface area contributed by atoms with E-state index in [2.05, 4.69) is 121 Å². The van der Waals surface area contributed by atoms with Crippen molar-refractivity contribution in [3.63, 3.8) is 0 Å². The summed E-state index contributed by atoms with van der Waals surface area (Å²) in [6, 6.07) is 27.1. The third kappa shape index (κ3) is 2.82. The van der Waals surface area contributed by atoms with Crippen LogP contribution in [0.3, 0.4) is 0 Å². The van der Waals surface area contributed by atoms with E-state index in [-0.39, 0.29) is 10.8 Å². The minimum absolute atomic E-state index is 0.184. The molecule has 0 aliphatic heterocycles. The van der Waals surface area contributed by atoms with Gasteiger partial charge in [-0.3, -0.25) is 0 Å². The first-order valence-corrected chi connectivity index (χ1v) is 12.3. The lowest BCUT2D eigenvalue weighted by Crippen LogP contribution is -2.33. The molecule has 0 fully saturated rings. The molecule has 0 unspecified atom stereocenters. The van der Waals surface area contributed by atoms with E-state index < -0.39 is 0 Å². The van der Waals surface area contributed by atoms with Crippen molar-refractivity contribution in [2.45, 2.75) is 51.4 Å². The predicted molar refractivity (Wildman–Crippen MR) is 141 cm³/mol. The fourth-order valence-corrected chi connectivity index (χ4v) is 6.10. The molecule has 0 bridgehead atoms. The summed E-state index contributed by atoms with van der Waals surface area (Å²) in [5.41, 5.74) is 7.24. The fourth-order valence-electron chi connectivity index (χ4n) is 5.72. The summed E-state index contributed by atoms with van der Waals surface area (Å²) < 4.78 is 3.60. The summed E-state index contributed by atoms with van der Waals surface area (Å²) in [4.78, 5) is 0. The molecule has 6 rings (SSSR count). The number of hydrogen-bond acceptors (Lipinski definition) is 0. The zero-order valence-electron chi connectivity index (χ0n) is 19.2. The Morgan fingerprint density at radius 3 is 2.16 bits per heavy atom. The van der Waals surface area contributed by atoms with Gasteiger partial charge in [-0.25, -0.2) is 0 Å². The lowest BCUT2D eigenvalue weighted by Gasteiger charge is -2.42. The molecule has 1 heterocycles. The van der Waals surface area contributed by atoms with E-state index in [1.54, 1.807) is 0 Å². The van der Waals surface area contributed by atoms with Gasteiger partial charge in [0.15, 0.2) is 0 Å². The van der Waals surface area contributed by atoms with Gasteiger partial charge in [0.05, 0.1) is 16.7 Å². The quantitative estimate of drug-likeness (QED) is 0.225. The van der Waals surface area contributed by atoms with Gasteiger partial charge in [0.2, 0.25) is 0 Å². The smallest absolute Gasteiger partial charge is 0.0544 e. The van der Waals surface area contributed by atoms with Gasteiger partial charge in [-0.1, -0.05) is 80.0 Å². The molecule has 0 amide bonds. The van der Waals surface area contributed by atoms with Crippen LogP contribution in [0.15, 0.2) is 77.3 Å². The minimum Gasteiger partial charge on any atom is -0.309 e. The number of nitrogens with zero attached hydrogens (tertiary/aromatic N) is 1. The third-order valence-corrected chi connectivity index (χ3v) is 8.20. The van der Waals surface area contributed by atoms with E-state index in [0.717, 1.165) is 4.47 Å². The van der Waals surface area contributed by atoms with E-state index in [9.17, 15) is 0 Å². The van der Waals surface area contributed by atoms with Gasteiger partial charge in [-0.15, -0.1) is 0 Å². The first-order chi connectivity index (χ1) is 15.3. The SMILES string of the molecule is CC1(C)CCC(C)(C)c2cc3c(cc21)c1ccccc1n3-c1cccc2cc(Br)ccc12. The van der Waals surface area contributed by atoms with Crippen LogP contribution in [-0.4, -0.2) is 4.57 Å². The highest BCUT2D eigenvalue weighted by Gasteiger charge is 2.37. The Hall–Kier alpha value is -2.58. The second kappa shape index (κ2) is 6.71. The molecular formula is C30H28BrN. The maximum atomic E-state index is 3.64. The number of halogens is 1. The summed E-state index contributed by atoms with van der Waals surface area (Å²) in [6.07, 6.45) is 2.45. The van der Waals surface area contributed by atoms with Crippen molar-refractivity contribution < 1.29 is 0 Å². The Morgan fingerprint density at radius 1 is 0.656 bits per heavy atom. The molecule has 0 saturated heterocycles. The number of fused-ring (bicyclic) bond motifs is 5. The first-order valence-electron chi connectivity index (χ1n) is 11.5. The Bertz CT molecular complexity index is 1530. The van der Waals surface area contributed by atoms with Gasteiger partial charge < -0.3 is 4.57 Å². The third-order valence-electron chi connectivity index (χ3n) is 7.71. The van der Waals surface area contributed by atoms with Gasteiger partial charge >= 0.3 is 0 Å². The maximum absolute atomic E-state index is 3.64. The van der Waals surface area contributed by atoms with Crippen LogP contribution in [0.2, 0.25) is 0 Å². The summed E-state index contributed by atoms with van der Waals surface area (Å²) in [5.74, 6) is 0. The normalized spacial score (nSPS) is 17.2.